The van der Waals surface area contributed by atoms with Gasteiger partial charge in [-0.2, -0.15) is 0 Å². The smallest absolute Gasteiger partial charge is 0.338 e. The Morgan fingerprint density at radius 2 is 2.11 bits per heavy atom. The Morgan fingerprint density at radius 3 is 2.78 bits per heavy atom. The predicted octanol–water partition coefficient (Wildman–Crippen LogP) is 4.94. The van der Waals surface area contributed by atoms with Gasteiger partial charge in [-0.15, -0.1) is 11.3 Å². The van der Waals surface area contributed by atoms with Gasteiger partial charge < -0.3 is 4.74 Å². The molecule has 0 aliphatic carbocycles. The third-order valence-corrected chi connectivity index (χ3v) is 5.50. The van der Waals surface area contributed by atoms with Crippen LogP contribution in [0.15, 0.2) is 51.7 Å². The Kier molecular flexibility index (Phi) is 6.13. The lowest BCUT2D eigenvalue weighted by molar-refractivity contribution is -0.122. The van der Waals surface area contributed by atoms with E-state index in [1.807, 2.05) is 44.4 Å². The number of ether oxygens (including phenoxy) is 1. The quantitative estimate of drug-likeness (QED) is 0.527. The molecule has 0 spiro atoms. The second-order valence-electron chi connectivity index (χ2n) is 6.07. The molecule has 0 unspecified atom stereocenters. The van der Waals surface area contributed by atoms with Crippen molar-refractivity contribution >= 4 is 51.9 Å². The molecule has 5 nitrogen and oxygen atoms in total. The summed E-state index contributed by atoms with van der Waals surface area (Å²) in [7, 11) is 0. The summed E-state index contributed by atoms with van der Waals surface area (Å²) in [5.41, 5.74) is 1.05. The highest BCUT2D eigenvalue weighted by Gasteiger charge is 2.32. The number of amidine groups is 1. The van der Waals surface area contributed by atoms with Crippen molar-refractivity contribution in [3.63, 3.8) is 0 Å². The van der Waals surface area contributed by atoms with Crippen LogP contribution in [-0.4, -0.2) is 34.6 Å². The number of esters is 1. The van der Waals surface area contributed by atoms with Gasteiger partial charge in [-0.05, 0) is 68.3 Å². The van der Waals surface area contributed by atoms with Crippen LogP contribution in [0.25, 0.3) is 6.08 Å². The fourth-order valence-electron chi connectivity index (χ4n) is 2.47. The molecule has 1 aliphatic rings. The normalized spacial score (nSPS) is 17.3. The first kappa shape index (κ1) is 19.4. The number of aliphatic imine (C=N–C) groups is 1. The van der Waals surface area contributed by atoms with Gasteiger partial charge in [0.1, 0.15) is 0 Å². The minimum atomic E-state index is -0.382. The van der Waals surface area contributed by atoms with Gasteiger partial charge in [0.25, 0.3) is 5.91 Å². The van der Waals surface area contributed by atoms with Crippen molar-refractivity contribution in [3.05, 3.63) is 57.1 Å². The minimum Gasteiger partial charge on any atom is -0.459 e. The lowest BCUT2D eigenvalue weighted by Crippen LogP contribution is -2.28. The summed E-state index contributed by atoms with van der Waals surface area (Å²) in [6.07, 6.45) is 1.70. The van der Waals surface area contributed by atoms with Crippen LogP contribution in [-0.2, 0) is 9.53 Å². The number of hydrogen-bond donors (Lipinski definition) is 0. The lowest BCUT2D eigenvalue weighted by Gasteiger charge is -2.12. The fraction of sp³-hybridized carbons (Fsp3) is 0.250. The maximum atomic E-state index is 12.6. The van der Waals surface area contributed by atoms with Crippen molar-refractivity contribution in [2.45, 2.75) is 26.9 Å². The first-order valence-corrected chi connectivity index (χ1v) is 10.3. The molecule has 140 valence electrons. The van der Waals surface area contributed by atoms with E-state index in [2.05, 4.69) is 4.99 Å². The number of amides is 1. The number of thioether (sulfide) groups is 1. The molecule has 0 atom stereocenters. The van der Waals surface area contributed by atoms with Crippen molar-refractivity contribution in [1.29, 1.82) is 0 Å². The molecular formula is C20H20N2O3S2. The van der Waals surface area contributed by atoms with E-state index in [-0.39, 0.29) is 18.0 Å². The largest absolute Gasteiger partial charge is 0.459 e. The average Bonchev–Trinajstić information content (AvgIpc) is 3.23. The van der Waals surface area contributed by atoms with Crippen molar-refractivity contribution in [1.82, 2.24) is 4.90 Å². The molecule has 1 saturated heterocycles. The average molecular weight is 401 g/mol. The standard InChI is InChI=1S/C20H20N2O3S2/c1-4-22-18(23)17(12-16-9-6-10-26-16)27-20(22)21-15-8-5-7-14(11-15)19(24)25-13(2)3/h5-13H,4H2,1-3H3/b17-12+,21-20?. The van der Waals surface area contributed by atoms with E-state index in [4.69, 9.17) is 4.74 Å². The molecule has 0 N–H and O–H groups in total. The molecule has 0 saturated carbocycles. The van der Waals surface area contributed by atoms with Gasteiger partial charge in [-0.25, -0.2) is 9.79 Å². The number of carbonyl (C=O) groups is 2. The monoisotopic (exact) mass is 400 g/mol. The highest BCUT2D eigenvalue weighted by Crippen LogP contribution is 2.34. The Morgan fingerprint density at radius 1 is 1.30 bits per heavy atom. The number of carbonyl (C=O) groups excluding carboxylic acids is 2. The van der Waals surface area contributed by atoms with Crippen LogP contribution in [0, 0.1) is 0 Å². The highest BCUT2D eigenvalue weighted by atomic mass is 32.2. The van der Waals surface area contributed by atoms with E-state index in [0.717, 1.165) is 4.88 Å². The number of nitrogens with zero attached hydrogens (tertiary/aromatic N) is 2. The zero-order valence-corrected chi connectivity index (χ0v) is 17.0. The Labute approximate surface area is 166 Å². The second kappa shape index (κ2) is 8.54. The van der Waals surface area contributed by atoms with Crippen molar-refractivity contribution in [2.24, 2.45) is 4.99 Å². The number of thiophene rings is 1. The molecule has 3 rings (SSSR count). The molecule has 1 amide bonds. The van der Waals surface area contributed by atoms with E-state index in [9.17, 15) is 9.59 Å². The first-order valence-electron chi connectivity index (χ1n) is 8.62. The zero-order valence-electron chi connectivity index (χ0n) is 15.3. The molecule has 1 aromatic heterocycles. The van der Waals surface area contributed by atoms with Gasteiger partial charge in [0, 0.05) is 11.4 Å². The van der Waals surface area contributed by atoms with Crippen molar-refractivity contribution in [3.8, 4) is 0 Å². The molecule has 27 heavy (non-hydrogen) atoms. The Bertz CT molecular complexity index is 902. The SMILES string of the molecule is CCN1C(=O)/C(=C\c2cccs2)SC1=Nc1cccc(C(=O)OC(C)C)c1. The van der Waals surface area contributed by atoms with Crippen LogP contribution in [0.4, 0.5) is 5.69 Å². The maximum absolute atomic E-state index is 12.6. The molecule has 1 aliphatic heterocycles. The molecular weight excluding hydrogens is 380 g/mol. The number of benzene rings is 1. The molecule has 0 bridgehead atoms. The van der Waals surface area contributed by atoms with E-state index in [0.29, 0.717) is 27.9 Å². The highest BCUT2D eigenvalue weighted by molar-refractivity contribution is 8.18. The van der Waals surface area contributed by atoms with Gasteiger partial charge in [0.15, 0.2) is 5.17 Å². The summed E-state index contributed by atoms with van der Waals surface area (Å²) in [6, 6.07) is 10.9. The van der Waals surface area contributed by atoms with E-state index >= 15 is 0 Å². The van der Waals surface area contributed by atoms with E-state index in [1.165, 1.54) is 11.8 Å². The van der Waals surface area contributed by atoms with Gasteiger partial charge in [0.2, 0.25) is 0 Å². The molecule has 1 fully saturated rings. The van der Waals surface area contributed by atoms with E-state index in [1.54, 1.807) is 40.5 Å². The molecule has 2 aromatic rings. The van der Waals surface area contributed by atoms with Crippen LogP contribution in [0.5, 0.6) is 0 Å². The van der Waals surface area contributed by atoms with Gasteiger partial charge in [-0.3, -0.25) is 9.69 Å². The summed E-state index contributed by atoms with van der Waals surface area (Å²) < 4.78 is 5.23. The molecule has 7 heteroatoms. The number of likely N-dealkylation sites (N-methyl/N-ethyl adjacent to an activating group) is 1. The first-order chi connectivity index (χ1) is 13.0. The van der Waals surface area contributed by atoms with Crippen LogP contribution in [0.2, 0.25) is 0 Å². The molecule has 1 aromatic carbocycles. The molecule has 2 heterocycles. The number of hydrogen-bond acceptors (Lipinski definition) is 6. The predicted molar refractivity (Wildman–Crippen MR) is 111 cm³/mol. The zero-order chi connectivity index (χ0) is 19.4. The molecule has 0 radical (unpaired) electrons. The Hall–Kier alpha value is -2.38. The van der Waals surface area contributed by atoms with Gasteiger partial charge >= 0.3 is 5.97 Å². The summed E-state index contributed by atoms with van der Waals surface area (Å²) in [5, 5.41) is 2.59. The van der Waals surface area contributed by atoms with Gasteiger partial charge in [0.05, 0.1) is 22.3 Å². The van der Waals surface area contributed by atoms with Crippen LogP contribution in [0.3, 0.4) is 0 Å². The summed E-state index contributed by atoms with van der Waals surface area (Å²) in [6.45, 7) is 6.06. The summed E-state index contributed by atoms with van der Waals surface area (Å²) in [4.78, 5) is 32.7. The van der Waals surface area contributed by atoms with Crippen molar-refractivity contribution in [2.75, 3.05) is 6.54 Å². The van der Waals surface area contributed by atoms with Crippen LogP contribution in [0.1, 0.15) is 36.0 Å². The Balaban J connectivity index is 1.87. The second-order valence-corrected chi connectivity index (χ2v) is 8.06. The summed E-state index contributed by atoms with van der Waals surface area (Å²) in [5.74, 6) is -0.433. The lowest BCUT2D eigenvalue weighted by atomic mass is 10.2. The van der Waals surface area contributed by atoms with E-state index < -0.39 is 0 Å². The fourth-order valence-corrected chi connectivity index (χ4v) is 4.25. The topological polar surface area (TPSA) is 59.0 Å². The third-order valence-electron chi connectivity index (χ3n) is 3.67. The number of rotatable bonds is 5. The minimum absolute atomic E-state index is 0.0509. The van der Waals surface area contributed by atoms with Crippen LogP contribution >= 0.6 is 23.1 Å². The third kappa shape index (κ3) is 4.67. The van der Waals surface area contributed by atoms with Crippen LogP contribution < -0.4 is 0 Å². The van der Waals surface area contributed by atoms with Crippen molar-refractivity contribution < 1.29 is 14.3 Å². The maximum Gasteiger partial charge on any atom is 0.338 e. The summed E-state index contributed by atoms with van der Waals surface area (Å²) >= 11 is 2.93. The van der Waals surface area contributed by atoms with Gasteiger partial charge in [-0.1, -0.05) is 12.1 Å².